The monoisotopic (exact) mass is 288 g/mol. The Morgan fingerprint density at radius 3 is 0.643 bits per heavy atom. The first kappa shape index (κ1) is 18.5. The summed E-state index contributed by atoms with van der Waals surface area (Å²) < 4.78 is 0. The van der Waals surface area contributed by atoms with E-state index in [9.17, 15) is 0 Å². The van der Waals surface area contributed by atoms with Crippen LogP contribution < -0.4 is 0 Å². The zero-order valence-corrected chi connectivity index (χ0v) is 16.3. The van der Waals surface area contributed by atoms with Gasteiger partial charge >= 0.3 is 0 Å². The molecule has 0 aromatic heterocycles. The summed E-state index contributed by atoms with van der Waals surface area (Å²) in [6.45, 7) is 23.6. The van der Waals surface area contributed by atoms with Crippen LogP contribution in [0.5, 0.6) is 0 Å². The fraction of sp³-hybridized carbons (Fsp3) is 1.00. The summed E-state index contributed by atoms with van der Waals surface area (Å²) in [5.74, 6) is 0. The molecular formula is C9H28ArSi4. The van der Waals surface area contributed by atoms with Crippen molar-refractivity contribution in [3.05, 3.63) is 0 Å². The quantitative estimate of drug-likeness (QED) is 0.698. The van der Waals surface area contributed by atoms with Crippen LogP contribution in [0.15, 0.2) is 0 Å². The molecule has 0 radical (unpaired) electrons. The summed E-state index contributed by atoms with van der Waals surface area (Å²) in [4.78, 5) is 0. The number of hydrogen-bond donors (Lipinski definition) is 0. The molecule has 0 aliphatic carbocycles. The number of hydrogen-bond acceptors (Lipinski definition) is 0. The molecule has 0 saturated heterocycles. The van der Waals surface area contributed by atoms with Gasteiger partial charge in [-0.05, 0) is 0 Å². The second-order valence-electron chi connectivity index (χ2n) is 7.53. The molecule has 0 rings (SSSR count). The third-order valence-corrected chi connectivity index (χ3v) is 70.1. The molecule has 0 spiro atoms. The molecule has 0 fully saturated rings. The van der Waals surface area contributed by atoms with Crippen molar-refractivity contribution in [3.63, 3.8) is 0 Å². The molecule has 0 nitrogen and oxygen atoms in total. The zero-order valence-electron chi connectivity index (χ0n) is 11.4. The summed E-state index contributed by atoms with van der Waals surface area (Å²) in [7, 11) is -2.77. The molecule has 0 heterocycles. The Morgan fingerprint density at radius 2 is 0.643 bits per heavy atom. The molecule has 0 aromatic carbocycles. The maximum absolute atomic E-state index is 2.63. The molecule has 0 amide bonds. The van der Waals surface area contributed by atoms with Crippen LogP contribution in [0.25, 0.3) is 0 Å². The van der Waals surface area contributed by atoms with Crippen molar-refractivity contribution in [3.8, 4) is 0 Å². The van der Waals surface area contributed by atoms with Crippen molar-refractivity contribution in [2.45, 2.75) is 58.9 Å². The minimum atomic E-state index is -0.795. The first-order chi connectivity index (χ1) is 5.37. The minimum Gasteiger partial charge on any atom is -0.0721 e. The Bertz CT molecular complexity index is 139. The standard InChI is InChI=1S/C9H28Si4.Ar/c1-11(2,3)10(12(4,5)6)13(7,8)9;/h10H,1-9H3;. The van der Waals surface area contributed by atoms with Crippen molar-refractivity contribution in [2.24, 2.45) is 0 Å². The maximum atomic E-state index is 2.63. The summed E-state index contributed by atoms with van der Waals surface area (Å²) in [6.07, 6.45) is 0. The van der Waals surface area contributed by atoms with Crippen molar-refractivity contribution in [1.29, 1.82) is 0 Å². The average molecular weight is 289 g/mol. The van der Waals surface area contributed by atoms with E-state index < -0.39 is 22.8 Å². The Kier molecular flexibility index (Phi) is 7.46. The SMILES string of the molecule is C[Si](C)(C)[SiH]([Si](C)(C)C)[Si](C)(C)C.[Ar]. The first-order valence-electron chi connectivity index (χ1n) is 5.37. The van der Waals surface area contributed by atoms with E-state index >= 15 is 0 Å². The molecule has 88 valence electrons. The first-order valence-corrected chi connectivity index (χ1v) is 21.3. The summed E-state index contributed by atoms with van der Waals surface area (Å²) in [6, 6.07) is 0. The molecule has 0 bridgehead atoms. The van der Waals surface area contributed by atoms with Crippen LogP contribution in [0.4, 0.5) is 0 Å². The van der Waals surface area contributed by atoms with E-state index in [1.54, 1.807) is 0 Å². The second kappa shape index (κ2) is 5.64. The molecule has 0 aromatic rings. The van der Waals surface area contributed by atoms with Gasteiger partial charge in [0, 0.05) is 67.9 Å². The molecule has 0 aliphatic rings. The summed E-state index contributed by atoms with van der Waals surface area (Å²) in [5, 5.41) is 0. The van der Waals surface area contributed by atoms with E-state index in [1.165, 1.54) is 0 Å². The van der Waals surface area contributed by atoms with Crippen LogP contribution in [0.1, 0.15) is 0 Å². The third kappa shape index (κ3) is 6.01. The Morgan fingerprint density at radius 1 is 0.500 bits per heavy atom. The maximum Gasteiger partial charge on any atom is 0.0300 e. The molecule has 0 atom stereocenters. The van der Waals surface area contributed by atoms with E-state index in [1.807, 2.05) is 0 Å². The molecule has 0 aliphatic heterocycles. The fourth-order valence-electron chi connectivity index (χ4n) is 3.90. The van der Waals surface area contributed by atoms with Gasteiger partial charge in [0.2, 0.25) is 0 Å². The second-order valence-corrected chi connectivity index (χ2v) is 48.6. The van der Waals surface area contributed by atoms with Gasteiger partial charge in [0.15, 0.2) is 0 Å². The zero-order chi connectivity index (χ0) is 11.1. The van der Waals surface area contributed by atoms with E-state index in [0.29, 0.717) is 0 Å². The van der Waals surface area contributed by atoms with Gasteiger partial charge in [0.05, 0.1) is 0 Å². The molecule has 14 heavy (non-hydrogen) atoms. The van der Waals surface area contributed by atoms with Crippen LogP contribution in [0, 0.1) is 37.7 Å². The van der Waals surface area contributed by atoms with Gasteiger partial charge in [-0.2, -0.15) is 0 Å². The predicted molar refractivity (Wildman–Crippen MR) is 77.2 cm³/mol. The van der Waals surface area contributed by atoms with E-state index in [2.05, 4.69) is 58.9 Å². The number of rotatable bonds is 3. The predicted octanol–water partition coefficient (Wildman–Crippen LogP) is 3.46. The topological polar surface area (TPSA) is 0 Å². The third-order valence-electron chi connectivity index (χ3n) is 2.60. The van der Waals surface area contributed by atoms with Crippen molar-refractivity contribution in [2.75, 3.05) is 0 Å². The van der Waals surface area contributed by atoms with Gasteiger partial charge in [0.25, 0.3) is 0 Å². The van der Waals surface area contributed by atoms with E-state index in [0.717, 1.165) is 0 Å². The molecule has 5 heteroatoms. The van der Waals surface area contributed by atoms with Gasteiger partial charge < -0.3 is 0 Å². The van der Waals surface area contributed by atoms with Crippen LogP contribution in [0.2, 0.25) is 58.9 Å². The van der Waals surface area contributed by atoms with Crippen LogP contribution in [0.3, 0.4) is 0 Å². The molecule has 0 saturated carbocycles. The van der Waals surface area contributed by atoms with Gasteiger partial charge in [-0.3, -0.25) is 0 Å². The Hall–Kier alpha value is 2.13. The van der Waals surface area contributed by atoms with Gasteiger partial charge in [-0.1, -0.05) is 58.9 Å². The fourth-order valence-corrected chi connectivity index (χ4v) is 105. The van der Waals surface area contributed by atoms with Gasteiger partial charge in [0.1, 0.15) is 0 Å². The van der Waals surface area contributed by atoms with E-state index in [-0.39, 0.29) is 45.1 Å². The van der Waals surface area contributed by atoms with Crippen LogP contribution in [-0.2, 0) is 0 Å². The van der Waals surface area contributed by atoms with Gasteiger partial charge in [-0.25, -0.2) is 0 Å². The minimum absolute atomic E-state index is 0. The van der Waals surface area contributed by atoms with Crippen molar-refractivity contribution < 1.29 is 37.7 Å². The van der Waals surface area contributed by atoms with Crippen molar-refractivity contribution >= 4 is 30.1 Å². The average Bonchev–Trinajstić information content (AvgIpc) is 1.44. The summed E-state index contributed by atoms with van der Waals surface area (Å²) >= 11 is 0. The molecular weight excluding hydrogens is 260 g/mol. The van der Waals surface area contributed by atoms with Crippen LogP contribution in [-0.4, -0.2) is 30.1 Å². The molecule has 0 N–H and O–H groups in total. The largest absolute Gasteiger partial charge is 0.0721 e. The smallest absolute Gasteiger partial charge is 0.0300 e. The van der Waals surface area contributed by atoms with Gasteiger partial charge in [-0.15, -0.1) is 0 Å². The summed E-state index contributed by atoms with van der Waals surface area (Å²) in [5.41, 5.74) is 0. The van der Waals surface area contributed by atoms with Crippen LogP contribution >= 0.6 is 0 Å². The Labute approximate surface area is 125 Å². The normalized spacial score (nSPS) is 14.1. The van der Waals surface area contributed by atoms with E-state index in [4.69, 9.17) is 0 Å². The molecule has 0 unspecified atom stereocenters. The van der Waals surface area contributed by atoms with Crippen molar-refractivity contribution in [1.82, 2.24) is 0 Å². The Balaban J connectivity index is 0.